The van der Waals surface area contributed by atoms with Gasteiger partial charge in [-0.2, -0.15) is 11.3 Å². The minimum Gasteiger partial charge on any atom is -0.345 e. The van der Waals surface area contributed by atoms with E-state index < -0.39 is 0 Å². The molecule has 0 aliphatic carbocycles. The molecule has 0 spiro atoms. The van der Waals surface area contributed by atoms with Crippen molar-refractivity contribution in [2.75, 3.05) is 19.4 Å². The maximum absolute atomic E-state index is 12.0. The van der Waals surface area contributed by atoms with Crippen LogP contribution in [0.2, 0.25) is 0 Å². The van der Waals surface area contributed by atoms with Crippen LogP contribution in [0.3, 0.4) is 0 Å². The Kier molecular flexibility index (Phi) is 4.62. The highest BCUT2D eigenvalue weighted by molar-refractivity contribution is 7.23. The first kappa shape index (κ1) is 16.2. The van der Waals surface area contributed by atoms with Crippen molar-refractivity contribution in [2.45, 2.75) is 0 Å². The van der Waals surface area contributed by atoms with Crippen LogP contribution in [0, 0.1) is 0 Å². The predicted octanol–water partition coefficient (Wildman–Crippen LogP) is 2.44. The minimum absolute atomic E-state index is 0.0534. The number of carbonyl (C=O) groups excluding carboxylic acids is 1. The molecule has 0 unspecified atom stereocenters. The summed E-state index contributed by atoms with van der Waals surface area (Å²) in [6.45, 7) is 0. The molecule has 0 atom stereocenters. The second kappa shape index (κ2) is 6.84. The Balaban J connectivity index is 1.84. The van der Waals surface area contributed by atoms with E-state index in [1.165, 1.54) is 16.2 Å². The second-order valence-electron chi connectivity index (χ2n) is 5.37. The van der Waals surface area contributed by atoms with Crippen molar-refractivity contribution in [3.63, 3.8) is 0 Å². The Bertz CT molecular complexity index is 878. The molecule has 118 valence electrons. The van der Waals surface area contributed by atoms with Gasteiger partial charge in [-0.3, -0.25) is 4.79 Å². The van der Waals surface area contributed by atoms with E-state index in [4.69, 9.17) is 7.85 Å². The summed E-state index contributed by atoms with van der Waals surface area (Å²) in [6, 6.07) is 12.9. The summed E-state index contributed by atoms with van der Waals surface area (Å²) in [4.78, 5) is 23.3. The van der Waals surface area contributed by atoms with Gasteiger partial charge in [-0.25, -0.2) is 9.97 Å². The normalized spacial score (nSPS) is 10.4. The van der Waals surface area contributed by atoms with E-state index >= 15 is 0 Å². The number of rotatable bonds is 4. The van der Waals surface area contributed by atoms with Crippen LogP contribution in [0.25, 0.3) is 10.6 Å². The Labute approximate surface area is 145 Å². The number of thiophene rings is 1. The first-order valence-electron chi connectivity index (χ1n) is 7.30. The smallest absolute Gasteiger partial charge is 0.253 e. The zero-order chi connectivity index (χ0) is 17.1. The fourth-order valence-electron chi connectivity index (χ4n) is 2.16. The van der Waals surface area contributed by atoms with E-state index in [1.807, 2.05) is 30.3 Å². The lowest BCUT2D eigenvalue weighted by Crippen LogP contribution is -2.21. The molecule has 1 amide bonds. The molecule has 24 heavy (non-hydrogen) atoms. The zero-order valence-electron chi connectivity index (χ0n) is 13.4. The molecule has 0 bridgehead atoms. The number of amides is 1. The summed E-state index contributed by atoms with van der Waals surface area (Å²) in [5.74, 6) is 0.413. The minimum atomic E-state index is -0.0534. The molecule has 2 radical (unpaired) electrons. The van der Waals surface area contributed by atoms with Gasteiger partial charge in [0.2, 0.25) is 5.95 Å². The van der Waals surface area contributed by atoms with Crippen molar-refractivity contribution in [1.82, 2.24) is 14.9 Å². The first-order chi connectivity index (χ1) is 11.5. The summed E-state index contributed by atoms with van der Waals surface area (Å²) < 4.78 is 0.744. The molecule has 0 aliphatic heterocycles. The Hall–Kier alpha value is -2.67. The van der Waals surface area contributed by atoms with Gasteiger partial charge < -0.3 is 10.2 Å². The summed E-state index contributed by atoms with van der Waals surface area (Å²) in [7, 11) is 9.22. The van der Waals surface area contributed by atoms with Gasteiger partial charge in [0.1, 0.15) is 7.85 Å². The Morgan fingerprint density at radius 3 is 2.75 bits per heavy atom. The molecule has 5 nitrogen and oxygen atoms in total. The lowest BCUT2D eigenvalue weighted by Gasteiger charge is -2.11. The van der Waals surface area contributed by atoms with Gasteiger partial charge in [-0.15, -0.1) is 0 Å². The third-order valence-electron chi connectivity index (χ3n) is 3.31. The number of anilines is 2. The highest BCUT2D eigenvalue weighted by Crippen LogP contribution is 2.23. The molecule has 0 saturated carbocycles. The molecule has 3 rings (SSSR count). The van der Waals surface area contributed by atoms with E-state index in [-0.39, 0.29) is 5.91 Å². The molecular weight excluding hydrogens is 319 g/mol. The van der Waals surface area contributed by atoms with Crippen molar-refractivity contribution < 1.29 is 4.79 Å². The lowest BCUT2D eigenvalue weighted by molar-refractivity contribution is 0.0827. The van der Waals surface area contributed by atoms with Crippen molar-refractivity contribution >= 4 is 41.5 Å². The molecular formula is C17H15BN4OS. The van der Waals surface area contributed by atoms with Crippen LogP contribution < -0.4 is 10.1 Å². The van der Waals surface area contributed by atoms with Crippen molar-refractivity contribution in [1.29, 1.82) is 0 Å². The summed E-state index contributed by atoms with van der Waals surface area (Å²) in [5.41, 5.74) is 2.16. The molecule has 0 aliphatic rings. The first-order valence-corrected chi connectivity index (χ1v) is 8.12. The summed E-state index contributed by atoms with van der Waals surface area (Å²) in [5, 5.41) is 3.14. The number of carbonyl (C=O) groups is 1. The van der Waals surface area contributed by atoms with E-state index in [2.05, 4.69) is 15.3 Å². The Morgan fingerprint density at radius 1 is 1.21 bits per heavy atom. The standard InChI is InChI=1S/C17H15BN4OS/c1-22(2)16(23)11-4-3-5-12(10-11)20-17-19-9-8-13(21-17)14-6-7-15(18)24-14/h3-10H,1-2H3,(H,19,20,21). The van der Waals surface area contributed by atoms with Crippen LogP contribution in [0.4, 0.5) is 11.6 Å². The molecule has 1 aromatic carbocycles. The quantitative estimate of drug-likeness (QED) is 0.745. The molecule has 0 saturated heterocycles. The van der Waals surface area contributed by atoms with E-state index in [0.717, 1.165) is 21.0 Å². The van der Waals surface area contributed by atoms with Crippen LogP contribution in [-0.4, -0.2) is 42.7 Å². The fraction of sp³-hybridized carbons (Fsp3) is 0.118. The van der Waals surface area contributed by atoms with E-state index in [0.29, 0.717) is 11.5 Å². The van der Waals surface area contributed by atoms with Crippen LogP contribution in [0.5, 0.6) is 0 Å². The topological polar surface area (TPSA) is 58.1 Å². The summed E-state index contributed by atoms with van der Waals surface area (Å²) in [6.07, 6.45) is 1.69. The maximum atomic E-state index is 12.0. The molecule has 1 N–H and O–H groups in total. The van der Waals surface area contributed by atoms with Gasteiger partial charge in [-0.1, -0.05) is 12.1 Å². The predicted molar refractivity (Wildman–Crippen MR) is 98.5 cm³/mol. The maximum Gasteiger partial charge on any atom is 0.253 e. The molecule has 2 aromatic heterocycles. The summed E-state index contributed by atoms with van der Waals surface area (Å²) >= 11 is 1.47. The number of aromatic nitrogens is 2. The van der Waals surface area contributed by atoms with Crippen LogP contribution in [-0.2, 0) is 0 Å². The monoisotopic (exact) mass is 334 g/mol. The second-order valence-corrected chi connectivity index (χ2v) is 6.49. The van der Waals surface area contributed by atoms with E-state index in [1.54, 1.807) is 32.4 Å². The Morgan fingerprint density at radius 2 is 2.04 bits per heavy atom. The highest BCUT2D eigenvalue weighted by Gasteiger charge is 2.09. The molecule has 7 heteroatoms. The van der Waals surface area contributed by atoms with Gasteiger partial charge in [-0.05, 0) is 35.1 Å². The van der Waals surface area contributed by atoms with Gasteiger partial charge in [0.15, 0.2) is 0 Å². The third-order valence-corrected chi connectivity index (χ3v) is 4.24. The largest absolute Gasteiger partial charge is 0.345 e. The number of nitrogens with one attached hydrogen (secondary N) is 1. The van der Waals surface area contributed by atoms with Gasteiger partial charge in [0.25, 0.3) is 5.91 Å². The molecule has 3 aromatic rings. The van der Waals surface area contributed by atoms with E-state index in [9.17, 15) is 4.79 Å². The van der Waals surface area contributed by atoms with Crippen LogP contribution in [0.15, 0.2) is 48.7 Å². The SMILES string of the molecule is [B]c1ccc(-c2ccnc(Nc3cccc(C(=O)N(C)C)c3)n2)s1. The fourth-order valence-corrected chi connectivity index (χ4v) is 2.91. The number of hydrogen-bond donors (Lipinski definition) is 1. The molecule has 0 fully saturated rings. The number of hydrogen-bond acceptors (Lipinski definition) is 5. The van der Waals surface area contributed by atoms with Crippen LogP contribution >= 0.6 is 11.3 Å². The lowest BCUT2D eigenvalue weighted by atomic mass is 10.1. The average Bonchev–Trinajstić information content (AvgIpc) is 3.01. The van der Waals surface area contributed by atoms with Crippen LogP contribution in [0.1, 0.15) is 10.4 Å². The average molecular weight is 334 g/mol. The highest BCUT2D eigenvalue weighted by atomic mass is 32.1. The van der Waals surface area contributed by atoms with Gasteiger partial charge in [0, 0.05) is 31.5 Å². The number of benzene rings is 1. The van der Waals surface area contributed by atoms with Crippen molar-refractivity contribution in [3.05, 3.63) is 54.2 Å². The van der Waals surface area contributed by atoms with Crippen molar-refractivity contribution in [3.8, 4) is 10.6 Å². The third kappa shape index (κ3) is 3.63. The molecule has 2 heterocycles. The number of nitrogens with zero attached hydrogens (tertiary/aromatic N) is 3. The van der Waals surface area contributed by atoms with Crippen molar-refractivity contribution in [2.24, 2.45) is 0 Å². The van der Waals surface area contributed by atoms with Gasteiger partial charge in [0.05, 0.1) is 10.6 Å². The zero-order valence-corrected chi connectivity index (χ0v) is 14.2. The van der Waals surface area contributed by atoms with Gasteiger partial charge >= 0.3 is 0 Å².